The predicted molar refractivity (Wildman–Crippen MR) is 138 cm³/mol. The van der Waals surface area contributed by atoms with E-state index in [9.17, 15) is 0 Å². The van der Waals surface area contributed by atoms with Gasteiger partial charge in [0.2, 0.25) is 0 Å². The number of benzene rings is 2. The number of rotatable bonds is 7. The fourth-order valence-corrected chi connectivity index (χ4v) is 4.60. The van der Waals surface area contributed by atoms with Gasteiger partial charge in [-0.2, -0.15) is 0 Å². The van der Waals surface area contributed by atoms with Crippen LogP contribution in [-0.2, 0) is 0 Å². The molecule has 4 nitrogen and oxygen atoms in total. The van der Waals surface area contributed by atoms with Crippen molar-refractivity contribution in [1.29, 1.82) is 0 Å². The van der Waals surface area contributed by atoms with Crippen LogP contribution in [0.1, 0.15) is 47.0 Å². The Morgan fingerprint density at radius 3 is 2.58 bits per heavy atom. The van der Waals surface area contributed by atoms with E-state index in [-0.39, 0.29) is 16.0 Å². The standard InChI is InChI=1S/C18H15BClFN4S2.2C2H6/c1-2-5-18(6-7-18)27-24-13-9-14-17(23-25-26-14)15(21)16(13)22-12-4-3-10(19)8-11(12)20;2*1-2/h2-4,8-9,22,24H,1,5-7H2;2*1-2H3. The molecule has 2 radical (unpaired) electrons. The van der Waals surface area contributed by atoms with Crippen LogP contribution in [0.5, 0.6) is 0 Å². The van der Waals surface area contributed by atoms with E-state index >= 15 is 4.39 Å². The molecule has 1 fully saturated rings. The Labute approximate surface area is 198 Å². The molecule has 0 saturated heterocycles. The van der Waals surface area contributed by atoms with Crippen LogP contribution in [0.2, 0.25) is 5.02 Å². The number of allylic oxidation sites excluding steroid dienone is 1. The number of fused-ring (bicyclic) bond motifs is 1. The molecule has 0 aliphatic heterocycles. The summed E-state index contributed by atoms with van der Waals surface area (Å²) in [5, 5.41) is 7.40. The summed E-state index contributed by atoms with van der Waals surface area (Å²) < 4.78 is 23.2. The van der Waals surface area contributed by atoms with Crippen molar-refractivity contribution >= 4 is 75.7 Å². The minimum Gasteiger partial charge on any atom is -0.350 e. The maximum Gasteiger partial charge on any atom is 0.177 e. The van der Waals surface area contributed by atoms with E-state index in [1.54, 1.807) is 30.1 Å². The number of anilines is 3. The molecular formula is C22H27BClFN4S2. The van der Waals surface area contributed by atoms with Crippen molar-refractivity contribution in [3.63, 3.8) is 0 Å². The topological polar surface area (TPSA) is 49.8 Å². The van der Waals surface area contributed by atoms with Crippen molar-refractivity contribution in [3.05, 3.63) is 47.8 Å². The molecule has 9 heteroatoms. The molecule has 4 rings (SSSR count). The lowest BCUT2D eigenvalue weighted by molar-refractivity contribution is 0.640. The predicted octanol–water partition coefficient (Wildman–Crippen LogP) is 7.24. The summed E-state index contributed by atoms with van der Waals surface area (Å²) in [4.78, 5) is 0. The second-order valence-corrected chi connectivity index (χ2v) is 8.94. The molecule has 1 aliphatic rings. The molecule has 0 amide bonds. The first-order chi connectivity index (χ1) is 15.0. The minimum absolute atomic E-state index is 0.134. The zero-order valence-electron chi connectivity index (χ0n) is 18.3. The third-order valence-corrected chi connectivity index (χ3v) is 6.75. The minimum atomic E-state index is -0.467. The van der Waals surface area contributed by atoms with Gasteiger partial charge in [0, 0.05) is 4.75 Å². The van der Waals surface area contributed by atoms with E-state index < -0.39 is 5.82 Å². The molecule has 31 heavy (non-hydrogen) atoms. The van der Waals surface area contributed by atoms with Crippen LogP contribution in [0.4, 0.5) is 21.5 Å². The highest BCUT2D eigenvalue weighted by Gasteiger charge is 2.42. The van der Waals surface area contributed by atoms with Crippen LogP contribution < -0.4 is 15.5 Å². The van der Waals surface area contributed by atoms with Gasteiger partial charge in [0.15, 0.2) is 5.82 Å². The molecule has 164 valence electrons. The highest BCUT2D eigenvalue weighted by Crippen LogP contribution is 2.52. The maximum atomic E-state index is 15.2. The van der Waals surface area contributed by atoms with Gasteiger partial charge < -0.3 is 10.0 Å². The summed E-state index contributed by atoms with van der Waals surface area (Å²) in [6.07, 6.45) is 5.04. The van der Waals surface area contributed by atoms with Crippen LogP contribution in [0.25, 0.3) is 10.2 Å². The summed E-state index contributed by atoms with van der Waals surface area (Å²) in [7, 11) is 5.75. The van der Waals surface area contributed by atoms with Crippen molar-refractivity contribution in [2.24, 2.45) is 0 Å². The number of halogens is 2. The van der Waals surface area contributed by atoms with Crippen LogP contribution in [-0.4, -0.2) is 22.2 Å². The molecule has 2 N–H and O–H groups in total. The van der Waals surface area contributed by atoms with Crippen molar-refractivity contribution in [2.45, 2.75) is 51.7 Å². The van der Waals surface area contributed by atoms with Gasteiger partial charge in [0.05, 0.1) is 21.1 Å². The van der Waals surface area contributed by atoms with Crippen LogP contribution >= 0.6 is 35.1 Å². The highest BCUT2D eigenvalue weighted by atomic mass is 35.5. The summed E-state index contributed by atoms with van der Waals surface area (Å²) >= 11 is 9.01. The van der Waals surface area contributed by atoms with Crippen LogP contribution in [0.15, 0.2) is 36.9 Å². The number of hydrogen-bond acceptors (Lipinski definition) is 6. The molecule has 1 aliphatic carbocycles. The fourth-order valence-electron chi connectivity index (χ4n) is 2.77. The zero-order chi connectivity index (χ0) is 23.0. The average molecular weight is 477 g/mol. The molecule has 1 saturated carbocycles. The Kier molecular flexibility index (Phi) is 9.66. The van der Waals surface area contributed by atoms with E-state index in [2.05, 4.69) is 26.2 Å². The van der Waals surface area contributed by atoms with Gasteiger partial charge in [0.1, 0.15) is 19.1 Å². The van der Waals surface area contributed by atoms with Gasteiger partial charge in [0.25, 0.3) is 0 Å². The third kappa shape index (κ3) is 6.15. The molecule has 0 bridgehead atoms. The van der Waals surface area contributed by atoms with Crippen LogP contribution in [0, 0.1) is 5.82 Å². The van der Waals surface area contributed by atoms with Crippen LogP contribution in [0.3, 0.4) is 0 Å². The summed E-state index contributed by atoms with van der Waals surface area (Å²) in [6, 6.07) is 6.90. The average Bonchev–Trinajstić information content (AvgIpc) is 3.38. The Morgan fingerprint density at radius 2 is 1.97 bits per heavy atom. The lowest BCUT2D eigenvalue weighted by Crippen LogP contribution is -2.08. The normalized spacial score (nSPS) is 13.4. The largest absolute Gasteiger partial charge is 0.350 e. The Morgan fingerprint density at radius 1 is 1.26 bits per heavy atom. The number of aromatic nitrogens is 2. The first kappa shape index (κ1) is 25.5. The van der Waals surface area contributed by atoms with Gasteiger partial charge in [-0.1, -0.05) is 61.4 Å². The van der Waals surface area contributed by atoms with Gasteiger partial charge in [-0.3, -0.25) is 0 Å². The first-order valence-electron chi connectivity index (χ1n) is 10.3. The lowest BCUT2D eigenvalue weighted by atomic mass is 9.96. The zero-order valence-corrected chi connectivity index (χ0v) is 20.6. The van der Waals surface area contributed by atoms with Crippen molar-refractivity contribution < 1.29 is 4.39 Å². The van der Waals surface area contributed by atoms with Crippen molar-refractivity contribution in [3.8, 4) is 0 Å². The summed E-state index contributed by atoms with van der Waals surface area (Å²) in [5.41, 5.74) is 2.24. The monoisotopic (exact) mass is 476 g/mol. The third-order valence-electron chi connectivity index (χ3n) is 4.44. The molecule has 2 aromatic carbocycles. The molecule has 3 aromatic rings. The van der Waals surface area contributed by atoms with E-state index in [1.807, 2.05) is 39.8 Å². The molecule has 1 aromatic heterocycles. The van der Waals surface area contributed by atoms with Gasteiger partial charge in [-0.05, 0) is 60.9 Å². The number of nitrogens with one attached hydrogen (secondary N) is 2. The van der Waals surface area contributed by atoms with Gasteiger partial charge in [-0.25, -0.2) is 4.39 Å². The summed E-state index contributed by atoms with van der Waals surface area (Å²) in [5.74, 6) is -0.467. The highest BCUT2D eigenvalue weighted by molar-refractivity contribution is 8.02. The van der Waals surface area contributed by atoms with E-state index in [0.717, 1.165) is 30.8 Å². The molecular weight excluding hydrogens is 450 g/mol. The molecule has 0 unspecified atom stereocenters. The second kappa shape index (κ2) is 11.7. The lowest BCUT2D eigenvalue weighted by Gasteiger charge is -2.18. The molecule has 0 atom stereocenters. The fraction of sp³-hybridized carbons (Fsp3) is 0.364. The maximum absolute atomic E-state index is 15.2. The Bertz CT molecular complexity index is 1020. The molecule has 1 heterocycles. The SMILES string of the molecule is CC.CC.[B]c1ccc(Nc2c(NSC3(CC=C)CC3)cc3snnc3c2F)c(Cl)c1. The van der Waals surface area contributed by atoms with E-state index in [0.29, 0.717) is 26.6 Å². The van der Waals surface area contributed by atoms with Crippen molar-refractivity contribution in [2.75, 3.05) is 10.0 Å². The number of hydrogen-bond donors (Lipinski definition) is 2. The number of nitrogens with zero attached hydrogens (tertiary/aromatic N) is 2. The van der Waals surface area contributed by atoms with Gasteiger partial charge >= 0.3 is 0 Å². The summed E-state index contributed by atoms with van der Waals surface area (Å²) in [6.45, 7) is 11.8. The quantitative estimate of drug-likeness (QED) is 0.214. The van der Waals surface area contributed by atoms with E-state index in [4.69, 9.17) is 19.4 Å². The molecule has 0 spiro atoms. The first-order valence-corrected chi connectivity index (χ1v) is 12.3. The van der Waals surface area contributed by atoms with E-state index in [1.165, 1.54) is 0 Å². The Balaban J connectivity index is 0.000000807. The second-order valence-electron chi connectivity index (χ2n) is 6.48. The van der Waals surface area contributed by atoms with Gasteiger partial charge in [-0.15, -0.1) is 11.7 Å². The smallest absolute Gasteiger partial charge is 0.177 e. The van der Waals surface area contributed by atoms with Crippen molar-refractivity contribution in [1.82, 2.24) is 9.59 Å². The Hall–Kier alpha value is -1.77.